The molecule has 5 rings (SSSR count). The molecule has 2 N–H and O–H groups in total. The molecule has 0 spiro atoms. The topological polar surface area (TPSA) is 96.5 Å². The molecule has 0 bridgehead atoms. The lowest BCUT2D eigenvalue weighted by atomic mass is 9.94. The Labute approximate surface area is 193 Å². The molecule has 174 valence electrons. The quantitative estimate of drug-likeness (QED) is 0.558. The van der Waals surface area contributed by atoms with Gasteiger partial charge in [-0.1, -0.05) is 12.6 Å². The highest BCUT2D eigenvalue weighted by atomic mass is 19.3. The van der Waals surface area contributed by atoms with E-state index in [2.05, 4.69) is 27.4 Å². The maximum absolute atomic E-state index is 13.4. The third-order valence-corrected chi connectivity index (χ3v) is 6.34. The third kappa shape index (κ3) is 3.38. The number of alkyl halides is 2. The minimum absolute atomic E-state index is 0.0750. The van der Waals surface area contributed by atoms with Crippen molar-refractivity contribution in [3.8, 4) is 17.6 Å². The SMILES string of the molecule is C=C(C)c1cc2c(C#N)c(NC(=O)C3(c4ccc5c(c4)OC(F)(F)O5)CC3)ccc2n1CCO. The fourth-order valence-electron chi connectivity index (χ4n) is 4.51. The molecule has 1 aliphatic heterocycles. The molecule has 1 fully saturated rings. The molecule has 7 nitrogen and oxygen atoms in total. The zero-order valence-electron chi connectivity index (χ0n) is 18.3. The number of aromatic nitrogens is 1. The number of benzene rings is 2. The van der Waals surface area contributed by atoms with Gasteiger partial charge in [0, 0.05) is 17.6 Å². The van der Waals surface area contributed by atoms with Gasteiger partial charge in [0.05, 0.1) is 28.8 Å². The van der Waals surface area contributed by atoms with Crippen molar-refractivity contribution in [3.63, 3.8) is 0 Å². The van der Waals surface area contributed by atoms with Gasteiger partial charge in [0.1, 0.15) is 6.07 Å². The number of amides is 1. The molecule has 1 amide bonds. The number of hydrogen-bond donors (Lipinski definition) is 2. The van der Waals surface area contributed by atoms with Crippen molar-refractivity contribution >= 4 is 28.1 Å². The summed E-state index contributed by atoms with van der Waals surface area (Å²) in [6.07, 6.45) is -2.66. The smallest absolute Gasteiger partial charge is 0.395 e. The van der Waals surface area contributed by atoms with Crippen molar-refractivity contribution in [2.45, 2.75) is 38.0 Å². The van der Waals surface area contributed by atoms with E-state index in [9.17, 15) is 23.9 Å². The highest BCUT2D eigenvalue weighted by molar-refractivity contribution is 6.05. The monoisotopic (exact) mass is 465 g/mol. The first-order valence-corrected chi connectivity index (χ1v) is 10.7. The summed E-state index contributed by atoms with van der Waals surface area (Å²) in [5, 5.41) is 22.9. The Morgan fingerprint density at radius 3 is 2.62 bits per heavy atom. The Balaban J connectivity index is 1.49. The molecule has 2 heterocycles. The number of allylic oxidation sites excluding steroid dienone is 1. The number of ether oxygens (including phenoxy) is 2. The first-order chi connectivity index (χ1) is 16.2. The maximum atomic E-state index is 13.4. The summed E-state index contributed by atoms with van der Waals surface area (Å²) in [5.41, 5.74) is 2.62. The second kappa shape index (κ2) is 7.57. The summed E-state index contributed by atoms with van der Waals surface area (Å²) in [7, 11) is 0. The second-order valence-electron chi connectivity index (χ2n) is 8.58. The minimum atomic E-state index is -3.73. The molecule has 3 aromatic rings. The number of carbonyl (C=O) groups is 1. The highest BCUT2D eigenvalue weighted by Crippen LogP contribution is 2.52. The van der Waals surface area contributed by atoms with Gasteiger partial charge >= 0.3 is 6.29 Å². The van der Waals surface area contributed by atoms with Crippen LogP contribution in [0.15, 0.2) is 43.0 Å². The van der Waals surface area contributed by atoms with Crippen LogP contribution in [0.5, 0.6) is 11.5 Å². The van der Waals surface area contributed by atoms with Crippen molar-refractivity contribution in [3.05, 3.63) is 59.8 Å². The lowest BCUT2D eigenvalue weighted by Crippen LogP contribution is -2.28. The number of nitrogens with one attached hydrogen (secondary N) is 1. The zero-order chi connectivity index (χ0) is 24.3. The lowest BCUT2D eigenvalue weighted by Gasteiger charge is -2.17. The van der Waals surface area contributed by atoms with Crippen LogP contribution < -0.4 is 14.8 Å². The fourth-order valence-corrected chi connectivity index (χ4v) is 4.51. The molecular weight excluding hydrogens is 444 g/mol. The molecule has 1 aromatic heterocycles. The standard InChI is InChI=1S/C25H21F2N3O4/c1-14(2)20-12-16-17(13-28)18(4-5-19(16)30(20)9-10-31)29-23(32)24(7-8-24)15-3-6-21-22(11-15)34-25(26,27)33-21/h3-6,11-12,31H,1,7-10H2,2H3,(H,29,32). The molecule has 0 atom stereocenters. The number of halogens is 2. The first kappa shape index (κ1) is 21.9. The Morgan fingerprint density at radius 2 is 1.97 bits per heavy atom. The van der Waals surface area contributed by atoms with E-state index in [0.717, 1.165) is 16.8 Å². The number of fused-ring (bicyclic) bond motifs is 2. The van der Waals surface area contributed by atoms with E-state index in [1.807, 2.05) is 17.6 Å². The van der Waals surface area contributed by atoms with Crippen LogP contribution in [-0.4, -0.2) is 28.5 Å². The van der Waals surface area contributed by atoms with E-state index in [0.29, 0.717) is 41.6 Å². The minimum Gasteiger partial charge on any atom is -0.395 e. The molecule has 0 saturated heterocycles. The zero-order valence-corrected chi connectivity index (χ0v) is 18.3. The number of nitriles is 1. The number of anilines is 1. The molecule has 0 radical (unpaired) electrons. The van der Waals surface area contributed by atoms with E-state index >= 15 is 0 Å². The van der Waals surface area contributed by atoms with Gasteiger partial charge in [-0.2, -0.15) is 5.26 Å². The summed E-state index contributed by atoms with van der Waals surface area (Å²) in [6, 6.07) is 11.8. The average molecular weight is 465 g/mol. The largest absolute Gasteiger partial charge is 0.586 e. The van der Waals surface area contributed by atoms with Gasteiger partial charge < -0.3 is 24.5 Å². The summed E-state index contributed by atoms with van der Waals surface area (Å²) < 4.78 is 37.6. The Bertz CT molecular complexity index is 1400. The molecule has 0 unspecified atom stereocenters. The van der Waals surface area contributed by atoms with Gasteiger partial charge in [0.2, 0.25) is 5.91 Å². The van der Waals surface area contributed by atoms with Crippen molar-refractivity contribution in [1.29, 1.82) is 5.26 Å². The van der Waals surface area contributed by atoms with Crippen LogP contribution in [0.1, 0.15) is 36.6 Å². The van der Waals surface area contributed by atoms with Crippen LogP contribution in [0.25, 0.3) is 16.5 Å². The van der Waals surface area contributed by atoms with Crippen LogP contribution in [0.4, 0.5) is 14.5 Å². The van der Waals surface area contributed by atoms with Crippen LogP contribution in [0, 0.1) is 11.3 Å². The Kier molecular flexibility index (Phi) is 4.88. The van der Waals surface area contributed by atoms with E-state index in [1.54, 1.807) is 18.2 Å². The van der Waals surface area contributed by atoms with Crippen molar-refractivity contribution < 1.29 is 28.2 Å². The Morgan fingerprint density at radius 1 is 1.24 bits per heavy atom. The highest BCUT2D eigenvalue weighted by Gasteiger charge is 2.53. The molecular formula is C25H21F2N3O4. The number of carbonyl (C=O) groups excluding carboxylic acids is 1. The first-order valence-electron chi connectivity index (χ1n) is 10.7. The molecule has 2 aromatic carbocycles. The number of aliphatic hydroxyl groups is 1. The summed E-state index contributed by atoms with van der Waals surface area (Å²) >= 11 is 0. The van der Waals surface area contributed by atoms with Gasteiger partial charge in [-0.15, -0.1) is 8.78 Å². The van der Waals surface area contributed by atoms with E-state index in [1.165, 1.54) is 12.1 Å². The predicted molar refractivity (Wildman–Crippen MR) is 121 cm³/mol. The van der Waals surface area contributed by atoms with Crippen LogP contribution in [-0.2, 0) is 16.8 Å². The number of aliphatic hydroxyl groups excluding tert-OH is 1. The molecule has 1 saturated carbocycles. The lowest BCUT2D eigenvalue weighted by molar-refractivity contribution is -0.286. The van der Waals surface area contributed by atoms with Crippen molar-refractivity contribution in [1.82, 2.24) is 4.57 Å². The van der Waals surface area contributed by atoms with Gasteiger partial charge in [0.15, 0.2) is 11.5 Å². The number of hydrogen-bond acceptors (Lipinski definition) is 5. The van der Waals surface area contributed by atoms with Crippen molar-refractivity contribution in [2.75, 3.05) is 11.9 Å². The van der Waals surface area contributed by atoms with Crippen molar-refractivity contribution in [2.24, 2.45) is 0 Å². The molecule has 2 aliphatic rings. The molecule has 9 heteroatoms. The second-order valence-corrected chi connectivity index (χ2v) is 8.58. The maximum Gasteiger partial charge on any atom is 0.586 e. The predicted octanol–water partition coefficient (Wildman–Crippen LogP) is 4.53. The van der Waals surface area contributed by atoms with E-state index in [-0.39, 0.29) is 24.0 Å². The number of rotatable bonds is 6. The van der Waals surface area contributed by atoms with E-state index < -0.39 is 11.7 Å². The summed E-state index contributed by atoms with van der Waals surface area (Å²) in [6.45, 7) is 6.09. The van der Waals surface area contributed by atoms with Gasteiger partial charge in [-0.05, 0) is 61.2 Å². The molecule has 34 heavy (non-hydrogen) atoms. The van der Waals surface area contributed by atoms with Crippen LogP contribution >= 0.6 is 0 Å². The van der Waals surface area contributed by atoms with Gasteiger partial charge in [-0.3, -0.25) is 4.79 Å². The van der Waals surface area contributed by atoms with Crippen LogP contribution in [0.2, 0.25) is 0 Å². The fraction of sp³-hybridized carbons (Fsp3) is 0.280. The van der Waals surface area contributed by atoms with Crippen LogP contribution in [0.3, 0.4) is 0 Å². The molecule has 1 aliphatic carbocycles. The third-order valence-electron chi connectivity index (χ3n) is 6.34. The Hall–Kier alpha value is -3.90. The summed E-state index contributed by atoms with van der Waals surface area (Å²) in [4.78, 5) is 13.3. The van der Waals surface area contributed by atoms with Gasteiger partial charge in [-0.25, -0.2) is 0 Å². The average Bonchev–Trinajstić information content (AvgIpc) is 3.42. The normalized spacial score (nSPS) is 16.8. The number of nitrogens with zero attached hydrogens (tertiary/aromatic N) is 2. The summed E-state index contributed by atoms with van der Waals surface area (Å²) in [5.74, 6) is -0.523. The van der Waals surface area contributed by atoms with Gasteiger partial charge in [0.25, 0.3) is 0 Å². The van der Waals surface area contributed by atoms with E-state index in [4.69, 9.17) is 0 Å².